The average Bonchev–Trinajstić information content (AvgIpc) is 2.57. The lowest BCUT2D eigenvalue weighted by molar-refractivity contribution is 0.119. The van der Waals surface area contributed by atoms with Crippen molar-refractivity contribution in [1.29, 1.82) is 0 Å². The largest absolute Gasteiger partial charge is 0.490 e. The number of benzene rings is 2. The van der Waals surface area contributed by atoms with Crippen molar-refractivity contribution in [2.45, 2.75) is 42.6 Å². The van der Waals surface area contributed by atoms with E-state index in [0.29, 0.717) is 12.2 Å². The summed E-state index contributed by atoms with van der Waals surface area (Å²) < 4.78 is 53.9. The first-order chi connectivity index (χ1) is 12.0. The molecule has 0 aliphatic heterocycles. The van der Waals surface area contributed by atoms with Crippen LogP contribution in [0.15, 0.2) is 53.4 Å². The Kier molecular flexibility index (Phi) is 5.22. The highest BCUT2D eigenvalue weighted by molar-refractivity contribution is 7.91. The molecule has 7 heteroatoms. The minimum Gasteiger partial charge on any atom is -0.490 e. The molecule has 0 radical (unpaired) electrons. The van der Waals surface area contributed by atoms with Crippen LogP contribution in [0, 0.1) is 0 Å². The predicted octanol–water partition coefficient (Wildman–Crippen LogP) is 4.23. The van der Waals surface area contributed by atoms with Crippen molar-refractivity contribution in [3.63, 3.8) is 0 Å². The fourth-order valence-electron chi connectivity index (χ4n) is 2.50. The van der Waals surface area contributed by atoms with Crippen molar-refractivity contribution in [3.05, 3.63) is 54.1 Å². The van der Waals surface area contributed by atoms with Gasteiger partial charge in [0.15, 0.2) is 0 Å². The highest BCUT2D eigenvalue weighted by atomic mass is 32.2. The topological polar surface area (TPSA) is 55.4 Å². The van der Waals surface area contributed by atoms with Crippen LogP contribution < -0.4 is 10.1 Å². The summed E-state index contributed by atoms with van der Waals surface area (Å²) in [5.74, 6) is -2.58. The number of halogens is 2. The van der Waals surface area contributed by atoms with Crippen molar-refractivity contribution in [2.75, 3.05) is 5.32 Å². The molecular formula is C18H19F2NO3S. The van der Waals surface area contributed by atoms with E-state index in [1.807, 2.05) is 24.3 Å². The van der Waals surface area contributed by atoms with Crippen LogP contribution in [0.4, 0.5) is 14.5 Å². The third kappa shape index (κ3) is 4.10. The smallest absolute Gasteiger partial charge is 0.341 e. The van der Waals surface area contributed by atoms with Gasteiger partial charge >= 0.3 is 5.76 Å². The van der Waals surface area contributed by atoms with Crippen LogP contribution in [0.5, 0.6) is 5.75 Å². The van der Waals surface area contributed by atoms with Gasteiger partial charge < -0.3 is 10.1 Å². The SMILES string of the molecule is O=S(=O)(c1ccc(NCc2ccccc2OC2CCC2)cc1)C(F)F. The second kappa shape index (κ2) is 7.39. The van der Waals surface area contributed by atoms with Gasteiger partial charge in [0, 0.05) is 17.8 Å². The molecule has 0 atom stereocenters. The van der Waals surface area contributed by atoms with E-state index in [0.717, 1.165) is 24.2 Å². The quantitative estimate of drug-likeness (QED) is 0.796. The van der Waals surface area contributed by atoms with Gasteiger partial charge in [0.25, 0.3) is 0 Å². The summed E-state index contributed by atoms with van der Waals surface area (Å²) in [5.41, 5.74) is 1.63. The van der Waals surface area contributed by atoms with Crippen LogP contribution >= 0.6 is 0 Å². The molecule has 0 spiro atoms. The maximum absolute atomic E-state index is 12.5. The summed E-state index contributed by atoms with van der Waals surface area (Å²) in [6.45, 7) is 0.490. The molecule has 2 aromatic carbocycles. The number of alkyl halides is 2. The number of anilines is 1. The number of hydrogen-bond acceptors (Lipinski definition) is 4. The number of sulfone groups is 1. The molecule has 0 heterocycles. The summed E-state index contributed by atoms with van der Waals surface area (Å²) in [5, 5.41) is 3.16. The zero-order valence-electron chi connectivity index (χ0n) is 13.5. The van der Waals surface area contributed by atoms with E-state index in [2.05, 4.69) is 5.32 Å². The lowest BCUT2D eigenvalue weighted by atomic mass is 9.96. The first-order valence-electron chi connectivity index (χ1n) is 8.07. The number of hydrogen-bond donors (Lipinski definition) is 1. The van der Waals surface area contributed by atoms with Gasteiger partial charge in [0.1, 0.15) is 5.75 Å². The Bertz CT molecular complexity index is 818. The molecule has 1 saturated carbocycles. The fourth-order valence-corrected chi connectivity index (χ4v) is 3.22. The lowest BCUT2D eigenvalue weighted by Crippen LogP contribution is -2.25. The van der Waals surface area contributed by atoms with Gasteiger partial charge in [-0.1, -0.05) is 18.2 Å². The first kappa shape index (κ1) is 17.7. The molecule has 0 unspecified atom stereocenters. The molecule has 134 valence electrons. The summed E-state index contributed by atoms with van der Waals surface area (Å²) in [6.07, 6.45) is 3.61. The van der Waals surface area contributed by atoms with E-state index in [4.69, 9.17) is 4.74 Å². The van der Waals surface area contributed by atoms with Crippen molar-refractivity contribution in [3.8, 4) is 5.75 Å². The number of nitrogens with one attached hydrogen (secondary N) is 1. The Balaban J connectivity index is 1.66. The molecule has 0 saturated heterocycles. The van der Waals surface area contributed by atoms with E-state index >= 15 is 0 Å². The minimum atomic E-state index is -4.56. The molecule has 4 nitrogen and oxygen atoms in total. The Hall–Kier alpha value is -2.15. The van der Waals surface area contributed by atoms with Gasteiger partial charge in [0.05, 0.1) is 11.0 Å². The normalized spacial score (nSPS) is 15.0. The number of rotatable bonds is 7. The van der Waals surface area contributed by atoms with Crippen LogP contribution in [0.2, 0.25) is 0 Å². The standard InChI is InChI=1S/C18H19F2NO3S/c19-18(20)25(22,23)16-10-8-14(9-11-16)21-12-13-4-1-2-7-17(13)24-15-5-3-6-15/h1-2,4,7-11,15,18,21H,3,5-6,12H2. The van der Waals surface area contributed by atoms with Crippen LogP contribution in [-0.2, 0) is 16.4 Å². The van der Waals surface area contributed by atoms with Gasteiger partial charge in [-0.15, -0.1) is 0 Å². The highest BCUT2D eigenvalue weighted by Crippen LogP contribution is 2.28. The van der Waals surface area contributed by atoms with Crippen LogP contribution in [-0.4, -0.2) is 20.3 Å². The van der Waals surface area contributed by atoms with E-state index < -0.39 is 15.6 Å². The van der Waals surface area contributed by atoms with Gasteiger partial charge in [-0.3, -0.25) is 0 Å². The average molecular weight is 367 g/mol. The third-order valence-corrected chi connectivity index (χ3v) is 5.62. The Morgan fingerprint density at radius 2 is 1.76 bits per heavy atom. The lowest BCUT2D eigenvalue weighted by Gasteiger charge is -2.27. The van der Waals surface area contributed by atoms with Gasteiger partial charge in [-0.25, -0.2) is 8.42 Å². The molecule has 2 aromatic rings. The van der Waals surface area contributed by atoms with Crippen molar-refractivity contribution >= 4 is 15.5 Å². The molecule has 1 aliphatic rings. The Labute approximate surface area is 145 Å². The zero-order valence-corrected chi connectivity index (χ0v) is 14.3. The molecule has 0 aromatic heterocycles. The summed E-state index contributed by atoms with van der Waals surface area (Å²) in [4.78, 5) is -0.387. The third-order valence-electron chi connectivity index (χ3n) is 4.22. The van der Waals surface area contributed by atoms with Crippen molar-refractivity contribution < 1.29 is 21.9 Å². The molecule has 0 bridgehead atoms. The van der Waals surface area contributed by atoms with E-state index in [1.165, 1.54) is 30.7 Å². The van der Waals surface area contributed by atoms with E-state index in [9.17, 15) is 17.2 Å². The first-order valence-corrected chi connectivity index (χ1v) is 9.62. The van der Waals surface area contributed by atoms with Gasteiger partial charge in [-0.2, -0.15) is 8.78 Å². The Morgan fingerprint density at radius 3 is 2.36 bits per heavy atom. The van der Waals surface area contributed by atoms with Crippen molar-refractivity contribution in [1.82, 2.24) is 0 Å². The van der Waals surface area contributed by atoms with E-state index in [1.54, 1.807) is 0 Å². The predicted molar refractivity (Wildman–Crippen MR) is 91.7 cm³/mol. The summed E-state index contributed by atoms with van der Waals surface area (Å²) in [6, 6.07) is 13.0. The monoisotopic (exact) mass is 367 g/mol. The summed E-state index contributed by atoms with van der Waals surface area (Å²) in [7, 11) is -4.56. The van der Waals surface area contributed by atoms with E-state index in [-0.39, 0.29) is 11.0 Å². The fraction of sp³-hybridized carbons (Fsp3) is 0.333. The highest BCUT2D eigenvalue weighted by Gasteiger charge is 2.26. The minimum absolute atomic E-state index is 0.278. The number of ether oxygens (including phenoxy) is 1. The zero-order chi connectivity index (χ0) is 17.9. The molecule has 1 N–H and O–H groups in total. The molecule has 25 heavy (non-hydrogen) atoms. The molecular weight excluding hydrogens is 348 g/mol. The maximum Gasteiger partial charge on any atom is 0.341 e. The molecule has 1 fully saturated rings. The van der Waals surface area contributed by atoms with Gasteiger partial charge in [0.2, 0.25) is 9.84 Å². The Morgan fingerprint density at radius 1 is 1.08 bits per heavy atom. The number of para-hydroxylation sites is 1. The van der Waals surface area contributed by atoms with Crippen LogP contribution in [0.3, 0.4) is 0 Å². The summed E-state index contributed by atoms with van der Waals surface area (Å²) >= 11 is 0. The molecule has 0 amide bonds. The van der Waals surface area contributed by atoms with Gasteiger partial charge in [-0.05, 0) is 49.6 Å². The second-order valence-electron chi connectivity index (χ2n) is 5.96. The maximum atomic E-state index is 12.5. The molecule has 1 aliphatic carbocycles. The molecule has 3 rings (SSSR count). The van der Waals surface area contributed by atoms with Crippen molar-refractivity contribution in [2.24, 2.45) is 0 Å². The van der Waals surface area contributed by atoms with Crippen LogP contribution in [0.25, 0.3) is 0 Å². The second-order valence-corrected chi connectivity index (χ2v) is 7.88. The van der Waals surface area contributed by atoms with Crippen LogP contribution in [0.1, 0.15) is 24.8 Å².